The first kappa shape index (κ1) is 12.3. The minimum absolute atomic E-state index is 0.677. The lowest BCUT2D eigenvalue weighted by atomic mass is 10.2. The van der Waals surface area contributed by atoms with Crippen molar-refractivity contribution in [1.29, 1.82) is 0 Å². The molecule has 1 heterocycles. The van der Waals surface area contributed by atoms with Crippen LogP contribution in [0.1, 0.15) is 11.3 Å². The predicted molar refractivity (Wildman–Crippen MR) is 82.4 cm³/mol. The zero-order valence-corrected chi connectivity index (χ0v) is 12.2. The zero-order valence-electron chi connectivity index (χ0n) is 10.6. The number of rotatable bonds is 3. The maximum absolute atomic E-state index is 5.78. The van der Waals surface area contributed by atoms with Crippen LogP contribution in [0.2, 0.25) is 0 Å². The van der Waals surface area contributed by atoms with Crippen LogP contribution in [0.3, 0.4) is 0 Å². The van der Waals surface area contributed by atoms with Crippen molar-refractivity contribution in [2.75, 3.05) is 5.32 Å². The number of halogens is 1. The summed E-state index contributed by atoms with van der Waals surface area (Å²) < 4.78 is 6.85. The highest BCUT2D eigenvalue weighted by Gasteiger charge is 2.04. The maximum atomic E-state index is 5.78. The summed E-state index contributed by atoms with van der Waals surface area (Å²) in [6.45, 7) is 2.75. The van der Waals surface area contributed by atoms with Crippen molar-refractivity contribution in [2.24, 2.45) is 0 Å². The first-order valence-corrected chi connectivity index (χ1v) is 6.99. The third-order valence-corrected chi connectivity index (χ3v) is 3.71. The van der Waals surface area contributed by atoms with Gasteiger partial charge in [-0.1, -0.05) is 24.3 Å². The van der Waals surface area contributed by atoms with Gasteiger partial charge in [0.25, 0.3) is 0 Å². The van der Waals surface area contributed by atoms with Crippen molar-refractivity contribution < 1.29 is 4.42 Å². The van der Waals surface area contributed by atoms with Gasteiger partial charge in [-0.15, -0.1) is 0 Å². The molecule has 0 radical (unpaired) electrons. The molecule has 0 aliphatic carbocycles. The van der Waals surface area contributed by atoms with Crippen molar-refractivity contribution in [2.45, 2.75) is 13.5 Å². The average molecular weight is 316 g/mol. The summed E-state index contributed by atoms with van der Waals surface area (Å²) in [7, 11) is 0. The molecule has 0 spiro atoms. The lowest BCUT2D eigenvalue weighted by Crippen LogP contribution is -1.98. The topological polar surface area (TPSA) is 25.2 Å². The van der Waals surface area contributed by atoms with E-state index in [0.29, 0.717) is 6.54 Å². The summed E-state index contributed by atoms with van der Waals surface area (Å²) in [5, 5.41) is 4.52. The molecule has 96 valence electrons. The van der Waals surface area contributed by atoms with E-state index in [9.17, 15) is 0 Å². The molecule has 0 saturated heterocycles. The van der Waals surface area contributed by atoms with Crippen molar-refractivity contribution in [3.8, 4) is 0 Å². The molecule has 1 aromatic heterocycles. The number of nitrogens with one attached hydrogen (secondary N) is 1. The maximum Gasteiger partial charge on any atom is 0.134 e. The first-order valence-electron chi connectivity index (χ1n) is 6.20. The Bertz CT molecular complexity index is 685. The number of hydrogen-bond donors (Lipinski definition) is 1. The molecule has 0 bridgehead atoms. The SMILES string of the molecule is Cc1ccc(NCc2cc3ccccc3o2)c(Br)c1. The van der Waals surface area contributed by atoms with E-state index in [0.717, 1.165) is 26.9 Å². The van der Waals surface area contributed by atoms with Gasteiger partial charge in [-0.25, -0.2) is 0 Å². The number of anilines is 1. The molecule has 3 heteroatoms. The monoisotopic (exact) mass is 315 g/mol. The second-order valence-electron chi connectivity index (χ2n) is 4.59. The van der Waals surface area contributed by atoms with Gasteiger partial charge in [0.05, 0.1) is 6.54 Å². The molecule has 3 rings (SSSR count). The molecule has 0 saturated carbocycles. The number of fused-ring (bicyclic) bond motifs is 1. The largest absolute Gasteiger partial charge is 0.459 e. The van der Waals surface area contributed by atoms with Crippen LogP contribution in [0.5, 0.6) is 0 Å². The van der Waals surface area contributed by atoms with E-state index in [1.165, 1.54) is 5.56 Å². The molecule has 3 aromatic rings. The molecule has 1 N–H and O–H groups in total. The standard InChI is InChI=1S/C16H14BrNO/c1-11-6-7-15(14(17)8-11)18-10-13-9-12-4-2-3-5-16(12)19-13/h2-9,18H,10H2,1H3. The number of benzene rings is 2. The molecular weight excluding hydrogens is 302 g/mol. The molecule has 0 aliphatic heterocycles. The molecule has 19 heavy (non-hydrogen) atoms. The van der Waals surface area contributed by atoms with E-state index < -0.39 is 0 Å². The molecule has 0 fully saturated rings. The Kier molecular flexibility index (Phi) is 3.30. The third-order valence-electron chi connectivity index (χ3n) is 3.05. The Balaban J connectivity index is 1.78. The van der Waals surface area contributed by atoms with E-state index in [1.807, 2.05) is 18.2 Å². The van der Waals surface area contributed by atoms with Crippen LogP contribution in [-0.4, -0.2) is 0 Å². The normalized spacial score (nSPS) is 10.8. The number of para-hydroxylation sites is 1. The van der Waals surface area contributed by atoms with E-state index in [2.05, 4.69) is 58.5 Å². The zero-order chi connectivity index (χ0) is 13.2. The van der Waals surface area contributed by atoms with Crippen LogP contribution in [0.4, 0.5) is 5.69 Å². The Morgan fingerprint density at radius 3 is 2.74 bits per heavy atom. The summed E-state index contributed by atoms with van der Waals surface area (Å²) >= 11 is 3.56. The molecule has 2 aromatic carbocycles. The van der Waals surface area contributed by atoms with E-state index in [-0.39, 0.29) is 0 Å². The van der Waals surface area contributed by atoms with Crippen LogP contribution in [0.15, 0.2) is 57.4 Å². The second-order valence-corrected chi connectivity index (χ2v) is 5.44. The number of aryl methyl sites for hydroxylation is 1. The lowest BCUT2D eigenvalue weighted by Gasteiger charge is -2.07. The fourth-order valence-corrected chi connectivity index (χ4v) is 2.70. The van der Waals surface area contributed by atoms with Gasteiger partial charge in [-0.3, -0.25) is 0 Å². The van der Waals surface area contributed by atoms with Crippen molar-refractivity contribution in [3.05, 3.63) is 64.3 Å². The Hall–Kier alpha value is -1.74. The lowest BCUT2D eigenvalue weighted by molar-refractivity contribution is 0.559. The van der Waals surface area contributed by atoms with Crippen molar-refractivity contribution in [3.63, 3.8) is 0 Å². The molecule has 0 aliphatic rings. The molecular formula is C16H14BrNO. The second kappa shape index (κ2) is 5.10. The van der Waals surface area contributed by atoms with Crippen molar-refractivity contribution in [1.82, 2.24) is 0 Å². The Morgan fingerprint density at radius 1 is 1.11 bits per heavy atom. The molecule has 0 unspecified atom stereocenters. The van der Waals surface area contributed by atoms with Crippen LogP contribution in [0.25, 0.3) is 11.0 Å². The fraction of sp³-hybridized carbons (Fsp3) is 0.125. The van der Waals surface area contributed by atoms with Crippen molar-refractivity contribution >= 4 is 32.6 Å². The van der Waals surface area contributed by atoms with E-state index in [1.54, 1.807) is 0 Å². The first-order chi connectivity index (χ1) is 9.22. The van der Waals surface area contributed by atoms with Crippen LogP contribution >= 0.6 is 15.9 Å². The third kappa shape index (κ3) is 2.66. The fourth-order valence-electron chi connectivity index (χ4n) is 2.07. The van der Waals surface area contributed by atoms with Gasteiger partial charge in [0.2, 0.25) is 0 Å². The van der Waals surface area contributed by atoms with Crippen LogP contribution < -0.4 is 5.32 Å². The van der Waals surface area contributed by atoms with E-state index >= 15 is 0 Å². The predicted octanol–water partition coefficient (Wildman–Crippen LogP) is 5.12. The van der Waals surface area contributed by atoms with Gasteiger partial charge in [0.15, 0.2) is 0 Å². The van der Waals surface area contributed by atoms with Gasteiger partial charge in [0.1, 0.15) is 11.3 Å². The highest BCUT2D eigenvalue weighted by molar-refractivity contribution is 9.10. The van der Waals surface area contributed by atoms with Gasteiger partial charge in [0, 0.05) is 15.5 Å². The molecule has 2 nitrogen and oxygen atoms in total. The average Bonchev–Trinajstić information content (AvgIpc) is 2.80. The minimum Gasteiger partial charge on any atom is -0.459 e. The molecule has 0 amide bonds. The van der Waals surface area contributed by atoms with Gasteiger partial charge >= 0.3 is 0 Å². The minimum atomic E-state index is 0.677. The highest BCUT2D eigenvalue weighted by Crippen LogP contribution is 2.25. The number of furan rings is 1. The number of hydrogen-bond acceptors (Lipinski definition) is 2. The van der Waals surface area contributed by atoms with Crippen LogP contribution in [-0.2, 0) is 6.54 Å². The summed E-state index contributed by atoms with van der Waals surface area (Å²) in [6.07, 6.45) is 0. The summed E-state index contributed by atoms with van der Waals surface area (Å²) in [4.78, 5) is 0. The van der Waals surface area contributed by atoms with Gasteiger partial charge < -0.3 is 9.73 Å². The Morgan fingerprint density at radius 2 is 1.95 bits per heavy atom. The van der Waals surface area contributed by atoms with Gasteiger partial charge in [-0.2, -0.15) is 0 Å². The summed E-state index contributed by atoms with van der Waals surface area (Å²) in [5.41, 5.74) is 3.24. The summed E-state index contributed by atoms with van der Waals surface area (Å²) in [5.74, 6) is 0.939. The van der Waals surface area contributed by atoms with Gasteiger partial charge in [-0.05, 0) is 52.7 Å². The Labute approximate surface area is 120 Å². The quantitative estimate of drug-likeness (QED) is 0.726. The molecule has 0 atom stereocenters. The highest BCUT2D eigenvalue weighted by atomic mass is 79.9. The summed E-state index contributed by atoms with van der Waals surface area (Å²) in [6, 6.07) is 16.4. The van der Waals surface area contributed by atoms with E-state index in [4.69, 9.17) is 4.42 Å². The smallest absolute Gasteiger partial charge is 0.134 e. The van der Waals surface area contributed by atoms with Crippen LogP contribution in [0, 0.1) is 6.92 Å².